The van der Waals surface area contributed by atoms with Gasteiger partial charge in [0.05, 0.1) is 5.69 Å². The molecule has 0 aliphatic heterocycles. The van der Waals surface area contributed by atoms with Gasteiger partial charge in [-0.3, -0.25) is 9.79 Å². The molecular weight excluding hydrogens is 332 g/mol. The summed E-state index contributed by atoms with van der Waals surface area (Å²) in [7, 11) is 0. The van der Waals surface area contributed by atoms with E-state index in [9.17, 15) is 9.90 Å². The van der Waals surface area contributed by atoms with E-state index in [4.69, 9.17) is 0 Å². The second-order valence-electron chi connectivity index (χ2n) is 4.65. The van der Waals surface area contributed by atoms with E-state index in [0.29, 0.717) is 16.9 Å². The monoisotopic (exact) mass is 346 g/mol. The van der Waals surface area contributed by atoms with Gasteiger partial charge in [-0.1, -0.05) is 22.0 Å². The van der Waals surface area contributed by atoms with Crippen molar-refractivity contribution in [1.82, 2.24) is 0 Å². The summed E-state index contributed by atoms with van der Waals surface area (Å²) in [6.07, 6.45) is 1.60. The molecule has 2 rings (SSSR count). The molecule has 0 radical (unpaired) electrons. The van der Waals surface area contributed by atoms with Crippen molar-refractivity contribution in [3.05, 3.63) is 52.0 Å². The Hall–Kier alpha value is -2.14. The summed E-state index contributed by atoms with van der Waals surface area (Å²) in [5.41, 5.74) is 2.79. The SMILES string of the molecule is CC(=O)Nc1cccc(N=Cc2cc(Br)cc(C)c2O)c1. The number of aliphatic imine (C=N–C) groups is 1. The number of carbonyl (C=O) groups excluding carboxylic acids is 1. The summed E-state index contributed by atoms with van der Waals surface area (Å²) in [4.78, 5) is 15.4. The van der Waals surface area contributed by atoms with Gasteiger partial charge in [-0.25, -0.2) is 0 Å². The second-order valence-corrected chi connectivity index (χ2v) is 5.57. The van der Waals surface area contributed by atoms with Gasteiger partial charge < -0.3 is 10.4 Å². The van der Waals surface area contributed by atoms with Gasteiger partial charge in [0.15, 0.2) is 0 Å². The van der Waals surface area contributed by atoms with Crippen LogP contribution in [-0.2, 0) is 4.79 Å². The molecule has 108 valence electrons. The predicted molar refractivity (Wildman–Crippen MR) is 88.5 cm³/mol. The highest BCUT2D eigenvalue weighted by Gasteiger charge is 2.04. The zero-order valence-electron chi connectivity index (χ0n) is 11.7. The number of hydrogen-bond acceptors (Lipinski definition) is 3. The van der Waals surface area contributed by atoms with Crippen molar-refractivity contribution in [1.29, 1.82) is 0 Å². The summed E-state index contributed by atoms with van der Waals surface area (Å²) in [6, 6.07) is 10.8. The maximum Gasteiger partial charge on any atom is 0.221 e. The Morgan fingerprint density at radius 3 is 2.81 bits per heavy atom. The molecule has 0 saturated carbocycles. The van der Waals surface area contributed by atoms with Gasteiger partial charge in [-0.2, -0.15) is 0 Å². The maximum atomic E-state index is 11.0. The normalized spacial score (nSPS) is 10.8. The van der Waals surface area contributed by atoms with Gasteiger partial charge in [0.2, 0.25) is 5.91 Å². The second kappa shape index (κ2) is 6.54. The molecule has 2 aromatic rings. The molecule has 0 fully saturated rings. The van der Waals surface area contributed by atoms with Crippen LogP contribution < -0.4 is 5.32 Å². The highest BCUT2D eigenvalue weighted by atomic mass is 79.9. The molecule has 0 aromatic heterocycles. The van der Waals surface area contributed by atoms with Crippen LogP contribution in [0.15, 0.2) is 45.9 Å². The number of nitrogens with zero attached hydrogens (tertiary/aromatic N) is 1. The van der Waals surface area contributed by atoms with E-state index in [1.54, 1.807) is 24.4 Å². The minimum absolute atomic E-state index is 0.128. The van der Waals surface area contributed by atoms with Gasteiger partial charge in [-0.15, -0.1) is 0 Å². The van der Waals surface area contributed by atoms with E-state index < -0.39 is 0 Å². The molecule has 0 unspecified atom stereocenters. The topological polar surface area (TPSA) is 61.7 Å². The van der Waals surface area contributed by atoms with Crippen LogP contribution in [0.1, 0.15) is 18.1 Å². The fraction of sp³-hybridized carbons (Fsp3) is 0.125. The largest absolute Gasteiger partial charge is 0.507 e. The number of amides is 1. The Balaban J connectivity index is 2.27. The Morgan fingerprint density at radius 2 is 2.10 bits per heavy atom. The average molecular weight is 347 g/mol. The lowest BCUT2D eigenvalue weighted by Crippen LogP contribution is -2.05. The number of phenolic OH excluding ortho intramolecular Hbond substituents is 1. The smallest absolute Gasteiger partial charge is 0.221 e. The number of benzene rings is 2. The molecule has 0 aliphatic rings. The first-order valence-electron chi connectivity index (χ1n) is 6.36. The van der Waals surface area contributed by atoms with E-state index in [-0.39, 0.29) is 11.7 Å². The third-order valence-electron chi connectivity index (χ3n) is 2.81. The quantitative estimate of drug-likeness (QED) is 0.819. The third-order valence-corrected chi connectivity index (χ3v) is 3.27. The zero-order chi connectivity index (χ0) is 15.4. The van der Waals surface area contributed by atoms with Gasteiger partial charge in [0.25, 0.3) is 0 Å². The van der Waals surface area contributed by atoms with Gasteiger partial charge in [-0.05, 0) is 42.8 Å². The number of nitrogens with one attached hydrogen (secondary N) is 1. The maximum absolute atomic E-state index is 11.0. The molecule has 5 heteroatoms. The summed E-state index contributed by atoms with van der Waals surface area (Å²) < 4.78 is 0.881. The van der Waals surface area contributed by atoms with Crippen molar-refractivity contribution in [2.45, 2.75) is 13.8 Å². The Morgan fingerprint density at radius 1 is 1.33 bits per heavy atom. The molecule has 2 N–H and O–H groups in total. The van der Waals surface area contributed by atoms with Crippen molar-refractivity contribution in [3.8, 4) is 5.75 Å². The molecule has 0 heterocycles. The first-order valence-corrected chi connectivity index (χ1v) is 7.16. The number of anilines is 1. The van der Waals surface area contributed by atoms with Crippen LogP contribution >= 0.6 is 15.9 Å². The van der Waals surface area contributed by atoms with Crippen molar-refractivity contribution < 1.29 is 9.90 Å². The van der Waals surface area contributed by atoms with Gasteiger partial charge in [0.1, 0.15) is 5.75 Å². The average Bonchev–Trinajstić information content (AvgIpc) is 2.41. The summed E-state index contributed by atoms with van der Waals surface area (Å²) in [5, 5.41) is 12.7. The fourth-order valence-electron chi connectivity index (χ4n) is 1.87. The van der Waals surface area contributed by atoms with Crippen LogP contribution in [0.5, 0.6) is 5.75 Å². The van der Waals surface area contributed by atoms with Crippen LogP contribution in [0.2, 0.25) is 0 Å². The van der Waals surface area contributed by atoms with E-state index >= 15 is 0 Å². The minimum Gasteiger partial charge on any atom is -0.507 e. The van der Waals surface area contributed by atoms with Gasteiger partial charge in [0, 0.05) is 28.9 Å². The van der Waals surface area contributed by atoms with Gasteiger partial charge >= 0.3 is 0 Å². The van der Waals surface area contributed by atoms with E-state index in [2.05, 4.69) is 26.2 Å². The summed E-state index contributed by atoms with van der Waals surface area (Å²) in [5.74, 6) is 0.0800. The molecule has 0 bridgehead atoms. The Kier molecular flexibility index (Phi) is 4.75. The summed E-state index contributed by atoms with van der Waals surface area (Å²) >= 11 is 3.39. The number of aromatic hydroxyl groups is 1. The van der Waals surface area contributed by atoms with Crippen molar-refractivity contribution in [2.24, 2.45) is 4.99 Å². The molecule has 0 spiro atoms. The molecule has 0 atom stereocenters. The van der Waals surface area contributed by atoms with Crippen LogP contribution in [0.4, 0.5) is 11.4 Å². The Bertz CT molecular complexity index is 711. The molecule has 2 aromatic carbocycles. The number of halogens is 1. The lowest BCUT2D eigenvalue weighted by atomic mass is 10.1. The lowest BCUT2D eigenvalue weighted by Gasteiger charge is -2.05. The van der Waals surface area contributed by atoms with E-state index in [1.807, 2.05) is 25.1 Å². The molecular formula is C16H15BrN2O2. The number of phenols is 1. The zero-order valence-corrected chi connectivity index (χ0v) is 13.3. The number of aryl methyl sites for hydroxylation is 1. The predicted octanol–water partition coefficient (Wildman–Crippen LogP) is 4.17. The van der Waals surface area contributed by atoms with Crippen LogP contribution in [-0.4, -0.2) is 17.2 Å². The third kappa shape index (κ3) is 4.16. The minimum atomic E-state index is -0.128. The number of rotatable bonds is 3. The van der Waals surface area contributed by atoms with Crippen molar-refractivity contribution in [2.75, 3.05) is 5.32 Å². The number of hydrogen-bond donors (Lipinski definition) is 2. The Labute approximate surface area is 131 Å². The fourth-order valence-corrected chi connectivity index (χ4v) is 2.46. The highest BCUT2D eigenvalue weighted by Crippen LogP contribution is 2.26. The van der Waals surface area contributed by atoms with Crippen LogP contribution in [0.25, 0.3) is 0 Å². The molecule has 0 saturated heterocycles. The first kappa shape index (κ1) is 15.3. The standard InChI is InChI=1S/C16H15BrN2O2/c1-10-6-13(17)7-12(16(10)21)9-18-14-4-3-5-15(8-14)19-11(2)20/h3-9,21H,1-2H3,(H,19,20). The highest BCUT2D eigenvalue weighted by molar-refractivity contribution is 9.10. The van der Waals surface area contributed by atoms with E-state index in [1.165, 1.54) is 6.92 Å². The first-order chi connectivity index (χ1) is 9.95. The van der Waals surface area contributed by atoms with Crippen molar-refractivity contribution >= 4 is 39.4 Å². The van der Waals surface area contributed by atoms with Crippen LogP contribution in [0.3, 0.4) is 0 Å². The lowest BCUT2D eigenvalue weighted by molar-refractivity contribution is -0.114. The molecule has 21 heavy (non-hydrogen) atoms. The summed E-state index contributed by atoms with van der Waals surface area (Å²) in [6.45, 7) is 3.28. The van der Waals surface area contributed by atoms with Crippen LogP contribution in [0, 0.1) is 6.92 Å². The molecule has 1 amide bonds. The molecule has 4 nitrogen and oxygen atoms in total. The van der Waals surface area contributed by atoms with Crippen molar-refractivity contribution in [3.63, 3.8) is 0 Å². The van der Waals surface area contributed by atoms with E-state index in [0.717, 1.165) is 10.0 Å². The number of carbonyl (C=O) groups is 1. The molecule has 0 aliphatic carbocycles.